The van der Waals surface area contributed by atoms with Crippen LogP contribution in [0.25, 0.3) is 11.4 Å². The molecule has 1 aromatic carbocycles. The van der Waals surface area contributed by atoms with Crippen molar-refractivity contribution in [1.29, 1.82) is 0 Å². The fourth-order valence-corrected chi connectivity index (χ4v) is 3.27. The van der Waals surface area contributed by atoms with Crippen LogP contribution >= 0.6 is 27.5 Å². The van der Waals surface area contributed by atoms with Gasteiger partial charge in [0.15, 0.2) is 0 Å². The summed E-state index contributed by atoms with van der Waals surface area (Å²) in [6, 6.07) is 8.87. The van der Waals surface area contributed by atoms with Gasteiger partial charge in [0, 0.05) is 26.4 Å². The molecule has 0 spiro atoms. The van der Waals surface area contributed by atoms with Crippen LogP contribution in [0.15, 0.2) is 35.1 Å². The molecule has 114 valence electrons. The molecule has 0 aliphatic rings. The number of hydrogen-bond acceptors (Lipinski definition) is 2. The Kier molecular flexibility index (Phi) is 5.65. The number of benzene rings is 1. The Labute approximate surface area is 140 Å². The number of halogens is 2. The molecule has 3 nitrogen and oxygen atoms in total. The third kappa shape index (κ3) is 4.95. The van der Waals surface area contributed by atoms with E-state index >= 15 is 0 Å². The van der Waals surface area contributed by atoms with E-state index in [1.54, 1.807) is 0 Å². The fraction of sp³-hybridized carbons (Fsp3) is 0.400. The molecular weight excluding hydrogens is 368 g/mol. The number of aromatic nitrogens is 2. The maximum atomic E-state index is 6.26. The van der Waals surface area contributed by atoms with Gasteiger partial charge in [-0.2, -0.15) is 0 Å². The molecule has 0 radical (unpaired) electrons. The van der Waals surface area contributed by atoms with Crippen molar-refractivity contribution in [3.63, 3.8) is 0 Å². The molecule has 0 aliphatic carbocycles. The molecule has 0 amide bonds. The van der Waals surface area contributed by atoms with Crippen molar-refractivity contribution in [3.05, 3.63) is 40.1 Å². The highest BCUT2D eigenvalue weighted by Gasteiger charge is 2.14. The summed E-state index contributed by atoms with van der Waals surface area (Å²) in [4.78, 5) is 4.49. The molecule has 0 saturated carbocycles. The predicted molar refractivity (Wildman–Crippen MR) is 94.5 cm³/mol. The maximum Gasteiger partial charge on any atom is 0.144 e. The lowest BCUT2D eigenvalue weighted by atomic mass is 10.2. The predicted octanol–water partition coefficient (Wildman–Crippen LogP) is 5.28. The molecular formula is C15H20BrClN2OSi. The summed E-state index contributed by atoms with van der Waals surface area (Å²) >= 11 is 9.68. The van der Waals surface area contributed by atoms with E-state index in [0.717, 1.165) is 28.6 Å². The van der Waals surface area contributed by atoms with Crippen LogP contribution in [-0.2, 0) is 11.5 Å². The number of imidazole rings is 1. The van der Waals surface area contributed by atoms with Gasteiger partial charge in [-0.3, -0.25) is 0 Å². The Morgan fingerprint density at radius 2 is 2.00 bits per heavy atom. The van der Waals surface area contributed by atoms with E-state index in [-0.39, 0.29) is 0 Å². The van der Waals surface area contributed by atoms with Crippen LogP contribution in [0, 0.1) is 0 Å². The molecule has 0 saturated heterocycles. The lowest BCUT2D eigenvalue weighted by Crippen LogP contribution is -2.22. The topological polar surface area (TPSA) is 27.1 Å². The summed E-state index contributed by atoms with van der Waals surface area (Å²) < 4.78 is 8.57. The second-order valence-corrected chi connectivity index (χ2v) is 13.0. The molecule has 2 rings (SSSR count). The average molecular weight is 388 g/mol. The normalized spacial score (nSPS) is 11.9. The zero-order valence-corrected chi connectivity index (χ0v) is 15.9. The molecule has 0 N–H and O–H groups in total. The third-order valence-electron chi connectivity index (χ3n) is 3.09. The zero-order chi connectivity index (χ0) is 15.5. The van der Waals surface area contributed by atoms with Gasteiger partial charge in [-0.1, -0.05) is 43.4 Å². The SMILES string of the molecule is C[Si](C)(C)CCOCn1cc(Br)nc1-c1ccccc1Cl. The largest absolute Gasteiger partial charge is 0.361 e. The number of nitrogens with zero attached hydrogens (tertiary/aromatic N) is 2. The second kappa shape index (κ2) is 7.09. The van der Waals surface area contributed by atoms with Crippen molar-refractivity contribution >= 4 is 35.6 Å². The molecule has 0 atom stereocenters. The molecule has 0 unspecified atom stereocenters. The van der Waals surface area contributed by atoms with Gasteiger partial charge in [0.2, 0.25) is 0 Å². The summed E-state index contributed by atoms with van der Waals surface area (Å²) in [5, 5.41) is 0.693. The smallest absolute Gasteiger partial charge is 0.144 e. The highest BCUT2D eigenvalue weighted by Crippen LogP contribution is 2.28. The first-order valence-electron chi connectivity index (χ1n) is 6.92. The van der Waals surface area contributed by atoms with Crippen molar-refractivity contribution in [2.45, 2.75) is 32.4 Å². The van der Waals surface area contributed by atoms with Crippen LogP contribution in [-0.4, -0.2) is 24.2 Å². The first-order chi connectivity index (χ1) is 9.87. The van der Waals surface area contributed by atoms with Crippen LogP contribution in [0.4, 0.5) is 0 Å². The minimum atomic E-state index is -1.06. The van der Waals surface area contributed by atoms with Crippen LogP contribution in [0.5, 0.6) is 0 Å². The van der Waals surface area contributed by atoms with Crippen LogP contribution < -0.4 is 0 Å². The van der Waals surface area contributed by atoms with E-state index in [4.69, 9.17) is 16.3 Å². The maximum absolute atomic E-state index is 6.26. The molecule has 0 bridgehead atoms. The summed E-state index contributed by atoms with van der Waals surface area (Å²) in [7, 11) is -1.06. The second-order valence-electron chi connectivity index (χ2n) is 6.18. The van der Waals surface area contributed by atoms with E-state index in [1.165, 1.54) is 0 Å². The fourth-order valence-electron chi connectivity index (χ4n) is 1.88. The highest BCUT2D eigenvalue weighted by atomic mass is 79.9. The number of ether oxygens (including phenoxy) is 1. The van der Waals surface area contributed by atoms with Gasteiger partial charge in [0.05, 0.1) is 5.02 Å². The van der Waals surface area contributed by atoms with Crippen LogP contribution in [0.1, 0.15) is 0 Å². The molecule has 1 heterocycles. The quantitative estimate of drug-likeness (QED) is 0.498. The Balaban J connectivity index is 2.09. The summed E-state index contributed by atoms with van der Waals surface area (Å²) in [5.74, 6) is 0.820. The van der Waals surface area contributed by atoms with Crippen molar-refractivity contribution in [3.8, 4) is 11.4 Å². The Morgan fingerprint density at radius 3 is 2.67 bits per heavy atom. The van der Waals surface area contributed by atoms with Gasteiger partial charge < -0.3 is 9.30 Å². The third-order valence-corrected chi connectivity index (χ3v) is 5.50. The number of hydrogen-bond donors (Lipinski definition) is 0. The minimum Gasteiger partial charge on any atom is -0.361 e. The van der Waals surface area contributed by atoms with Crippen LogP contribution in [0.2, 0.25) is 30.7 Å². The van der Waals surface area contributed by atoms with Crippen molar-refractivity contribution < 1.29 is 4.74 Å². The van der Waals surface area contributed by atoms with Gasteiger partial charge in [-0.05, 0) is 34.1 Å². The molecule has 0 fully saturated rings. The van der Waals surface area contributed by atoms with Gasteiger partial charge in [-0.25, -0.2) is 4.98 Å². The van der Waals surface area contributed by atoms with Gasteiger partial charge in [0.1, 0.15) is 17.2 Å². The lowest BCUT2D eigenvalue weighted by Gasteiger charge is -2.16. The van der Waals surface area contributed by atoms with E-state index < -0.39 is 8.07 Å². The van der Waals surface area contributed by atoms with Gasteiger partial charge >= 0.3 is 0 Å². The molecule has 1 aromatic heterocycles. The van der Waals surface area contributed by atoms with Crippen molar-refractivity contribution in [1.82, 2.24) is 9.55 Å². The molecule has 6 heteroatoms. The van der Waals surface area contributed by atoms with Gasteiger partial charge in [-0.15, -0.1) is 0 Å². The van der Waals surface area contributed by atoms with Crippen molar-refractivity contribution in [2.24, 2.45) is 0 Å². The van der Waals surface area contributed by atoms with Crippen LogP contribution in [0.3, 0.4) is 0 Å². The molecule has 2 aromatic rings. The average Bonchev–Trinajstić information content (AvgIpc) is 2.75. The Morgan fingerprint density at radius 1 is 1.29 bits per heavy atom. The lowest BCUT2D eigenvalue weighted by molar-refractivity contribution is 0.0882. The van der Waals surface area contributed by atoms with E-state index in [0.29, 0.717) is 11.8 Å². The highest BCUT2D eigenvalue weighted by molar-refractivity contribution is 9.10. The van der Waals surface area contributed by atoms with E-state index in [9.17, 15) is 0 Å². The Hall–Kier alpha value is -0.623. The molecule has 21 heavy (non-hydrogen) atoms. The van der Waals surface area contributed by atoms with Crippen molar-refractivity contribution in [2.75, 3.05) is 6.61 Å². The summed E-state index contributed by atoms with van der Waals surface area (Å²) in [5.41, 5.74) is 0.915. The monoisotopic (exact) mass is 386 g/mol. The zero-order valence-electron chi connectivity index (χ0n) is 12.6. The summed E-state index contributed by atoms with van der Waals surface area (Å²) in [6.07, 6.45) is 1.92. The number of rotatable bonds is 6. The summed E-state index contributed by atoms with van der Waals surface area (Å²) in [6.45, 7) is 8.31. The first kappa shape index (κ1) is 16.7. The Bertz CT molecular complexity index is 610. The molecule has 0 aliphatic heterocycles. The standard InChI is InChI=1S/C15H20BrClN2OSi/c1-21(2,3)9-8-20-11-19-10-14(16)18-15(19)12-6-4-5-7-13(12)17/h4-7,10H,8-9,11H2,1-3H3. The van der Waals surface area contributed by atoms with E-state index in [1.807, 2.05) is 35.0 Å². The minimum absolute atomic E-state index is 0.490. The van der Waals surface area contributed by atoms with Gasteiger partial charge in [0.25, 0.3) is 0 Å². The van der Waals surface area contributed by atoms with E-state index in [2.05, 4.69) is 40.6 Å². The first-order valence-corrected chi connectivity index (χ1v) is 11.8.